The van der Waals surface area contributed by atoms with Gasteiger partial charge in [-0.2, -0.15) is 0 Å². The molecule has 0 saturated heterocycles. The van der Waals surface area contributed by atoms with Gasteiger partial charge in [-0.15, -0.1) is 0 Å². The zero-order chi connectivity index (χ0) is 2.00. The van der Waals surface area contributed by atoms with Crippen LogP contribution in [0.1, 0.15) is 0 Å². The van der Waals surface area contributed by atoms with Gasteiger partial charge in [-0.1, -0.05) is 0 Å². The Kier molecular flexibility index (Phi) is 84.9. The zero-order valence-corrected chi connectivity index (χ0v) is 8.24. The average Bonchev–Trinajstić information content (AvgIpc) is 1.00. The summed E-state index contributed by atoms with van der Waals surface area (Å²) in [6.07, 6.45) is 0. The molecule has 0 radical (unpaired) electrons. The van der Waals surface area contributed by atoms with Gasteiger partial charge < -0.3 is 0 Å². The molecule has 0 fully saturated rings. The summed E-state index contributed by atoms with van der Waals surface area (Å²) >= 11 is 1.70. The summed E-state index contributed by atoms with van der Waals surface area (Å²) in [5.74, 6) is 0. The second-order valence-corrected chi connectivity index (χ2v) is 0. The Morgan fingerprint density at radius 1 is 1.25 bits per heavy atom. The first-order chi connectivity index (χ1) is 1.00. The zero-order valence-electron chi connectivity index (χ0n) is 1.73. The molecule has 0 saturated carbocycles. The van der Waals surface area contributed by atoms with Crippen molar-refractivity contribution in [3.63, 3.8) is 0 Å². The molecule has 0 rings (SSSR count). The summed E-state index contributed by atoms with van der Waals surface area (Å²) in [5, 5.41) is 0. The predicted octanol–water partition coefficient (Wildman–Crippen LogP) is -0.126. The van der Waals surface area contributed by atoms with E-state index in [0.717, 1.165) is 0 Å². The third-order valence-corrected chi connectivity index (χ3v) is 0. The molecule has 0 aromatic carbocycles. The molecule has 0 aromatic heterocycles. The monoisotopic (exact) mass is 295 g/mol. The minimum atomic E-state index is 0. The first kappa shape index (κ1) is 16.7. The number of hydrogen-bond donors (Lipinski definition) is 0. The van der Waals surface area contributed by atoms with Gasteiger partial charge >= 0.3 is 24.3 Å². The van der Waals surface area contributed by atoms with Gasteiger partial charge in [-0.05, 0) is 0 Å². The maximum absolute atomic E-state index is 8.06. The Hall–Kier alpha value is 1.96. The molecule has 0 bridgehead atoms. The first-order valence-electron chi connectivity index (χ1n) is 0.123. The van der Waals surface area contributed by atoms with E-state index in [1.165, 1.54) is 0 Å². The van der Waals surface area contributed by atoms with Crippen LogP contribution in [-0.2, 0) is 68.1 Å². The molecule has 4 heteroatoms. The summed E-state index contributed by atoms with van der Waals surface area (Å²) in [7, 11) is 0. The Bertz CT molecular complexity index is 8.00. The molecule has 0 aromatic rings. The minimum absolute atomic E-state index is 0. The molecule has 0 N–H and O–H groups in total. The Morgan fingerprint density at radius 3 is 1.25 bits per heavy atom. The SMILES string of the molecule is [Cd].[Ni].[O]=[Ag]. The standard InChI is InChI=1S/Ag.Cd.Ni.O. The van der Waals surface area contributed by atoms with Crippen LogP contribution >= 0.6 is 0 Å². The van der Waals surface area contributed by atoms with Crippen LogP contribution in [0.4, 0.5) is 0 Å². The summed E-state index contributed by atoms with van der Waals surface area (Å²) in [5.41, 5.74) is 0. The molecular formula is AgCdNiO. The van der Waals surface area contributed by atoms with Gasteiger partial charge in [0.2, 0.25) is 0 Å². The molecule has 0 amide bonds. The van der Waals surface area contributed by atoms with Crippen LogP contribution in [0.2, 0.25) is 0 Å². The van der Waals surface area contributed by atoms with Gasteiger partial charge in [0.15, 0.2) is 0 Å². The van der Waals surface area contributed by atoms with Crippen molar-refractivity contribution < 1.29 is 68.1 Å². The van der Waals surface area contributed by atoms with Crippen LogP contribution in [0.3, 0.4) is 0 Å². The number of hydrogen-bond acceptors (Lipinski definition) is 1. The van der Waals surface area contributed by atoms with Gasteiger partial charge in [0.25, 0.3) is 0 Å². The Labute approximate surface area is 67.2 Å². The molecule has 0 spiro atoms. The van der Waals surface area contributed by atoms with Crippen molar-refractivity contribution in [1.82, 2.24) is 0 Å². The van der Waals surface area contributed by atoms with Gasteiger partial charge in [-0.25, -0.2) is 0 Å². The van der Waals surface area contributed by atoms with E-state index in [-0.39, 0.29) is 43.8 Å². The molecule has 0 heterocycles. The summed E-state index contributed by atoms with van der Waals surface area (Å²) < 4.78 is 8.06. The average molecular weight is 295 g/mol. The molecule has 4 heavy (non-hydrogen) atoms. The van der Waals surface area contributed by atoms with E-state index >= 15 is 0 Å². The van der Waals surface area contributed by atoms with Crippen molar-refractivity contribution in [3.05, 3.63) is 0 Å². The third kappa shape index (κ3) is 9.04. The molecule has 0 aliphatic carbocycles. The van der Waals surface area contributed by atoms with Crippen molar-refractivity contribution >= 4 is 0 Å². The van der Waals surface area contributed by atoms with E-state index in [2.05, 4.69) is 0 Å². The second kappa shape index (κ2) is 20.3. The Morgan fingerprint density at radius 2 is 1.25 bits per heavy atom. The quantitative estimate of drug-likeness (QED) is 0.569. The fourth-order valence-corrected chi connectivity index (χ4v) is 0. The summed E-state index contributed by atoms with van der Waals surface area (Å²) in [4.78, 5) is 0. The summed E-state index contributed by atoms with van der Waals surface area (Å²) in [6, 6.07) is 0. The van der Waals surface area contributed by atoms with Crippen LogP contribution in [0.25, 0.3) is 0 Å². The van der Waals surface area contributed by atoms with E-state index in [1.54, 1.807) is 21.0 Å². The normalized spacial score (nSPS) is 1.50. The van der Waals surface area contributed by atoms with E-state index in [9.17, 15) is 0 Å². The Balaban J connectivity index is -0.00000000500. The van der Waals surface area contributed by atoms with Crippen molar-refractivity contribution in [1.29, 1.82) is 0 Å². The molecule has 0 aliphatic heterocycles. The molecule has 0 aliphatic rings. The van der Waals surface area contributed by atoms with Crippen LogP contribution in [0.5, 0.6) is 0 Å². The van der Waals surface area contributed by atoms with Gasteiger partial charge in [0.05, 0.1) is 0 Å². The topological polar surface area (TPSA) is 17.1 Å². The van der Waals surface area contributed by atoms with Crippen LogP contribution < -0.4 is 0 Å². The first-order valence-corrected chi connectivity index (χ1v) is 0.728. The molecule has 1 nitrogen and oxygen atoms in total. The fraction of sp³-hybridized carbons (Fsp3) is 0. The van der Waals surface area contributed by atoms with Gasteiger partial charge in [0, 0.05) is 43.8 Å². The fourth-order valence-electron chi connectivity index (χ4n) is 0. The molecule has 0 unspecified atom stereocenters. The van der Waals surface area contributed by atoms with E-state index in [1.807, 2.05) is 0 Å². The van der Waals surface area contributed by atoms with Crippen LogP contribution in [0, 0.1) is 0 Å². The molecular weight excluding hydrogens is 295 g/mol. The van der Waals surface area contributed by atoms with Crippen molar-refractivity contribution in [2.45, 2.75) is 0 Å². The van der Waals surface area contributed by atoms with Gasteiger partial charge in [-0.3, -0.25) is 0 Å². The van der Waals surface area contributed by atoms with Crippen molar-refractivity contribution in [2.24, 2.45) is 0 Å². The summed E-state index contributed by atoms with van der Waals surface area (Å²) in [6.45, 7) is 0. The van der Waals surface area contributed by atoms with E-state index < -0.39 is 0 Å². The number of rotatable bonds is 0. The third-order valence-electron chi connectivity index (χ3n) is 0. The van der Waals surface area contributed by atoms with Crippen molar-refractivity contribution in [3.8, 4) is 0 Å². The second-order valence-electron chi connectivity index (χ2n) is 0. The molecule has 0 atom stereocenters. The van der Waals surface area contributed by atoms with Gasteiger partial charge in [0.1, 0.15) is 0 Å². The van der Waals surface area contributed by atoms with Crippen LogP contribution in [0.15, 0.2) is 0 Å². The van der Waals surface area contributed by atoms with Crippen LogP contribution in [-0.4, -0.2) is 0 Å². The predicted molar refractivity (Wildman–Crippen MR) is 0.686 cm³/mol. The van der Waals surface area contributed by atoms with E-state index in [0.29, 0.717) is 0 Å². The molecule has 29 valence electrons. The van der Waals surface area contributed by atoms with E-state index in [4.69, 9.17) is 3.25 Å². The van der Waals surface area contributed by atoms with Crippen molar-refractivity contribution in [2.75, 3.05) is 0 Å². The maximum atomic E-state index is 8.06.